The summed E-state index contributed by atoms with van der Waals surface area (Å²) < 4.78 is 11.0. The van der Waals surface area contributed by atoms with Crippen molar-refractivity contribution in [1.29, 1.82) is 0 Å². The summed E-state index contributed by atoms with van der Waals surface area (Å²) in [5.74, 6) is -0.667. The summed E-state index contributed by atoms with van der Waals surface area (Å²) in [6.45, 7) is 2.21. The largest absolute Gasteiger partial charge is 0.488 e. The molecule has 0 spiro atoms. The molecule has 29 heavy (non-hydrogen) atoms. The van der Waals surface area contributed by atoms with Gasteiger partial charge in [0.2, 0.25) is 5.78 Å². The molecule has 0 N–H and O–H groups in total. The van der Waals surface area contributed by atoms with E-state index in [1.807, 2.05) is 60.7 Å². The van der Waals surface area contributed by atoms with Gasteiger partial charge >= 0.3 is 5.97 Å². The van der Waals surface area contributed by atoms with Crippen molar-refractivity contribution < 1.29 is 19.1 Å². The van der Waals surface area contributed by atoms with Gasteiger partial charge in [-0.05, 0) is 36.3 Å². The second kappa shape index (κ2) is 10.0. The highest BCUT2D eigenvalue weighted by atomic mass is 16.5. The highest BCUT2D eigenvalue weighted by Crippen LogP contribution is 2.24. The number of hydrogen-bond acceptors (Lipinski definition) is 4. The first-order chi connectivity index (χ1) is 14.2. The lowest BCUT2D eigenvalue weighted by atomic mass is 10.00. The van der Waals surface area contributed by atoms with E-state index in [0.717, 1.165) is 11.1 Å². The fraction of sp³-hybridized carbons (Fsp3) is 0.120. The van der Waals surface area contributed by atoms with Gasteiger partial charge in [-0.2, -0.15) is 0 Å². The van der Waals surface area contributed by atoms with E-state index in [4.69, 9.17) is 9.47 Å². The summed E-state index contributed by atoms with van der Waals surface area (Å²) in [7, 11) is 0. The average Bonchev–Trinajstić information content (AvgIpc) is 2.77. The topological polar surface area (TPSA) is 52.6 Å². The molecule has 0 aromatic heterocycles. The molecule has 0 saturated carbocycles. The van der Waals surface area contributed by atoms with E-state index in [2.05, 4.69) is 0 Å². The summed E-state index contributed by atoms with van der Waals surface area (Å²) in [5, 5.41) is 0. The fourth-order valence-corrected chi connectivity index (χ4v) is 2.80. The van der Waals surface area contributed by atoms with E-state index < -0.39 is 11.8 Å². The van der Waals surface area contributed by atoms with Gasteiger partial charge in [0.05, 0.1) is 12.2 Å². The van der Waals surface area contributed by atoms with Crippen LogP contribution in [0.2, 0.25) is 0 Å². The van der Waals surface area contributed by atoms with E-state index >= 15 is 0 Å². The van der Waals surface area contributed by atoms with Crippen LogP contribution >= 0.6 is 0 Å². The monoisotopic (exact) mass is 386 g/mol. The van der Waals surface area contributed by atoms with Crippen LogP contribution in [0.4, 0.5) is 0 Å². The Balaban J connectivity index is 1.91. The Hall–Kier alpha value is -3.66. The van der Waals surface area contributed by atoms with Crippen molar-refractivity contribution in [2.75, 3.05) is 6.61 Å². The summed E-state index contributed by atoms with van der Waals surface area (Å²) in [4.78, 5) is 25.7. The van der Waals surface area contributed by atoms with Gasteiger partial charge in [-0.15, -0.1) is 0 Å². The van der Waals surface area contributed by atoms with Crippen LogP contribution in [0, 0.1) is 0 Å². The van der Waals surface area contributed by atoms with Crippen LogP contribution in [0.1, 0.15) is 28.4 Å². The molecule has 3 aromatic rings. The zero-order chi connectivity index (χ0) is 20.5. The maximum atomic E-state index is 13.2. The van der Waals surface area contributed by atoms with Gasteiger partial charge < -0.3 is 9.47 Å². The van der Waals surface area contributed by atoms with Gasteiger partial charge in [0, 0.05) is 0 Å². The van der Waals surface area contributed by atoms with E-state index in [9.17, 15) is 9.59 Å². The smallest absolute Gasteiger partial charge is 0.342 e. The van der Waals surface area contributed by atoms with Crippen LogP contribution in [-0.2, 0) is 16.1 Å². The predicted molar refractivity (Wildman–Crippen MR) is 113 cm³/mol. The zero-order valence-electron chi connectivity index (χ0n) is 16.2. The van der Waals surface area contributed by atoms with Crippen molar-refractivity contribution >= 4 is 17.8 Å². The SMILES string of the molecule is CCOC(=O)/C(=C/c1ccccc1)C(=O)c1ccccc1OCc1ccccc1. The summed E-state index contributed by atoms with van der Waals surface area (Å²) in [6, 6.07) is 25.8. The van der Waals surface area contributed by atoms with E-state index in [0.29, 0.717) is 17.9 Å². The van der Waals surface area contributed by atoms with Crippen molar-refractivity contribution in [3.63, 3.8) is 0 Å². The maximum absolute atomic E-state index is 13.2. The van der Waals surface area contributed by atoms with Gasteiger partial charge in [0.15, 0.2) is 0 Å². The average molecular weight is 386 g/mol. The molecule has 3 aromatic carbocycles. The normalized spacial score (nSPS) is 11.0. The minimum absolute atomic E-state index is 0.0335. The third-order valence-electron chi connectivity index (χ3n) is 4.22. The molecule has 0 aliphatic rings. The number of carbonyl (C=O) groups is 2. The number of rotatable bonds is 8. The number of hydrogen-bond donors (Lipinski definition) is 0. The van der Waals surface area contributed by atoms with E-state index in [1.54, 1.807) is 37.3 Å². The molecule has 146 valence electrons. The number of ketones is 1. The van der Waals surface area contributed by atoms with Gasteiger partial charge in [-0.3, -0.25) is 4.79 Å². The molecule has 0 aliphatic carbocycles. The fourth-order valence-electron chi connectivity index (χ4n) is 2.80. The molecule has 0 saturated heterocycles. The van der Waals surface area contributed by atoms with Gasteiger partial charge in [0.25, 0.3) is 0 Å². The molecule has 0 atom stereocenters. The first-order valence-corrected chi connectivity index (χ1v) is 9.43. The van der Waals surface area contributed by atoms with Crippen molar-refractivity contribution in [1.82, 2.24) is 0 Å². The molecule has 0 radical (unpaired) electrons. The van der Waals surface area contributed by atoms with Crippen LogP contribution in [0.15, 0.2) is 90.5 Å². The Kier molecular flexibility index (Phi) is 6.95. The standard InChI is InChI=1S/C25H22O4/c1-2-28-25(27)22(17-19-11-5-3-6-12-19)24(26)21-15-9-10-16-23(21)29-18-20-13-7-4-8-14-20/h3-17H,2,18H2,1H3/b22-17+. The second-order valence-corrected chi connectivity index (χ2v) is 6.29. The highest BCUT2D eigenvalue weighted by molar-refractivity contribution is 6.27. The molecule has 0 fully saturated rings. The van der Waals surface area contributed by atoms with Crippen molar-refractivity contribution in [3.05, 3.63) is 107 Å². The Morgan fingerprint density at radius 3 is 2.14 bits per heavy atom. The van der Waals surface area contributed by atoms with E-state index in [-0.39, 0.29) is 12.2 Å². The summed E-state index contributed by atoms with van der Waals surface area (Å²) >= 11 is 0. The third kappa shape index (κ3) is 5.42. The molecule has 4 heteroatoms. The van der Waals surface area contributed by atoms with Crippen LogP contribution in [0.3, 0.4) is 0 Å². The molecular weight excluding hydrogens is 364 g/mol. The van der Waals surface area contributed by atoms with Crippen LogP contribution < -0.4 is 4.74 Å². The van der Waals surface area contributed by atoms with Crippen LogP contribution in [0.5, 0.6) is 5.75 Å². The lowest BCUT2D eigenvalue weighted by Gasteiger charge is -2.12. The predicted octanol–water partition coefficient (Wildman–Crippen LogP) is 5.10. The number of ether oxygens (including phenoxy) is 2. The quantitative estimate of drug-likeness (QED) is 0.178. The van der Waals surface area contributed by atoms with Crippen molar-refractivity contribution in [3.8, 4) is 5.75 Å². The zero-order valence-corrected chi connectivity index (χ0v) is 16.2. The number of esters is 1. The van der Waals surface area contributed by atoms with Crippen molar-refractivity contribution in [2.24, 2.45) is 0 Å². The number of benzene rings is 3. The minimum atomic E-state index is -0.654. The number of carbonyl (C=O) groups excluding carboxylic acids is 2. The number of Topliss-reactive ketones (excluding diaryl/α,β-unsaturated/α-hetero) is 1. The highest BCUT2D eigenvalue weighted by Gasteiger charge is 2.24. The van der Waals surface area contributed by atoms with Crippen molar-refractivity contribution in [2.45, 2.75) is 13.5 Å². The van der Waals surface area contributed by atoms with E-state index in [1.165, 1.54) is 0 Å². The Morgan fingerprint density at radius 1 is 0.828 bits per heavy atom. The van der Waals surface area contributed by atoms with Gasteiger partial charge in [-0.25, -0.2) is 4.79 Å². The van der Waals surface area contributed by atoms with Crippen LogP contribution in [-0.4, -0.2) is 18.4 Å². The third-order valence-corrected chi connectivity index (χ3v) is 4.22. The van der Waals surface area contributed by atoms with Crippen LogP contribution in [0.25, 0.3) is 6.08 Å². The molecule has 0 bridgehead atoms. The minimum Gasteiger partial charge on any atom is -0.488 e. The maximum Gasteiger partial charge on any atom is 0.342 e. The molecule has 0 aliphatic heterocycles. The molecule has 0 heterocycles. The lowest BCUT2D eigenvalue weighted by molar-refractivity contribution is -0.137. The first kappa shape index (κ1) is 20.1. The first-order valence-electron chi connectivity index (χ1n) is 9.43. The second-order valence-electron chi connectivity index (χ2n) is 6.29. The molecular formula is C25H22O4. The molecule has 0 amide bonds. The number of para-hydroxylation sites is 1. The molecule has 4 nitrogen and oxygen atoms in total. The molecule has 3 rings (SSSR count). The Labute approximate surface area is 170 Å². The summed E-state index contributed by atoms with van der Waals surface area (Å²) in [6.07, 6.45) is 1.55. The Morgan fingerprint density at radius 2 is 1.45 bits per heavy atom. The Bertz CT molecular complexity index is 992. The van der Waals surface area contributed by atoms with Gasteiger partial charge in [-0.1, -0.05) is 72.8 Å². The summed E-state index contributed by atoms with van der Waals surface area (Å²) in [5.41, 5.74) is 2.01. The van der Waals surface area contributed by atoms with Gasteiger partial charge in [0.1, 0.15) is 17.9 Å². The lowest BCUT2D eigenvalue weighted by Crippen LogP contribution is -2.17. The molecule has 0 unspecified atom stereocenters.